The Morgan fingerprint density at radius 1 is 1.29 bits per heavy atom. The molecule has 0 aliphatic carbocycles. The fraction of sp³-hybridized carbons (Fsp3) is 0.353. The summed E-state index contributed by atoms with van der Waals surface area (Å²) in [6.07, 6.45) is 1.36. The number of hydrogen-bond acceptors (Lipinski definition) is 6. The minimum absolute atomic E-state index is 0.0192. The zero-order valence-corrected chi connectivity index (χ0v) is 13.6. The van der Waals surface area contributed by atoms with E-state index < -0.39 is 0 Å². The van der Waals surface area contributed by atoms with Gasteiger partial charge in [-0.3, -0.25) is 9.69 Å². The van der Waals surface area contributed by atoms with Gasteiger partial charge in [-0.15, -0.1) is 0 Å². The lowest BCUT2D eigenvalue weighted by Gasteiger charge is -2.33. The van der Waals surface area contributed by atoms with Gasteiger partial charge in [-0.25, -0.2) is 0 Å². The monoisotopic (exact) mass is 328 g/mol. The zero-order valence-electron chi connectivity index (χ0n) is 13.6. The van der Waals surface area contributed by atoms with E-state index in [1.54, 1.807) is 12.0 Å². The molecule has 2 aromatic rings. The van der Waals surface area contributed by atoms with Crippen molar-refractivity contribution < 1.29 is 14.1 Å². The highest BCUT2D eigenvalue weighted by Gasteiger charge is 2.21. The molecule has 2 heterocycles. The molecule has 0 N–H and O–H groups in total. The summed E-state index contributed by atoms with van der Waals surface area (Å²) in [4.78, 5) is 20.0. The second-order valence-electron chi connectivity index (χ2n) is 5.55. The highest BCUT2D eigenvalue weighted by Crippen LogP contribution is 2.20. The van der Waals surface area contributed by atoms with Crippen molar-refractivity contribution in [1.82, 2.24) is 19.9 Å². The van der Waals surface area contributed by atoms with Gasteiger partial charge in [0, 0.05) is 31.7 Å². The summed E-state index contributed by atoms with van der Waals surface area (Å²) in [7, 11) is 1.63. The second kappa shape index (κ2) is 7.27. The van der Waals surface area contributed by atoms with Crippen molar-refractivity contribution in [3.8, 4) is 17.1 Å². The van der Waals surface area contributed by atoms with Crippen LogP contribution in [0.1, 0.15) is 5.89 Å². The van der Waals surface area contributed by atoms with E-state index >= 15 is 0 Å². The summed E-state index contributed by atoms with van der Waals surface area (Å²) in [5, 5.41) is 4.03. The Morgan fingerprint density at radius 3 is 2.62 bits per heavy atom. The van der Waals surface area contributed by atoms with Crippen LogP contribution in [0.5, 0.6) is 5.75 Å². The summed E-state index contributed by atoms with van der Waals surface area (Å²) in [5.41, 5.74) is 0.882. The van der Waals surface area contributed by atoms with E-state index in [1.165, 1.54) is 6.08 Å². The van der Waals surface area contributed by atoms with Crippen LogP contribution in [0.2, 0.25) is 0 Å². The Hall–Kier alpha value is -2.67. The van der Waals surface area contributed by atoms with E-state index in [4.69, 9.17) is 9.26 Å². The van der Waals surface area contributed by atoms with Gasteiger partial charge in [-0.05, 0) is 30.3 Å². The van der Waals surface area contributed by atoms with E-state index in [2.05, 4.69) is 21.6 Å². The number of carbonyl (C=O) groups excluding carboxylic acids is 1. The van der Waals surface area contributed by atoms with Crippen LogP contribution in [-0.4, -0.2) is 59.1 Å². The maximum Gasteiger partial charge on any atom is 0.246 e. The number of aromatic nitrogens is 2. The maximum absolute atomic E-state index is 11.6. The zero-order chi connectivity index (χ0) is 16.9. The molecule has 1 amide bonds. The van der Waals surface area contributed by atoms with Gasteiger partial charge in [0.1, 0.15) is 5.75 Å². The summed E-state index contributed by atoms with van der Waals surface area (Å²) >= 11 is 0. The van der Waals surface area contributed by atoms with Crippen LogP contribution in [-0.2, 0) is 11.3 Å². The number of benzene rings is 1. The van der Waals surface area contributed by atoms with Crippen LogP contribution in [0.25, 0.3) is 11.4 Å². The van der Waals surface area contributed by atoms with Crippen LogP contribution in [0.3, 0.4) is 0 Å². The third-order valence-corrected chi connectivity index (χ3v) is 4.03. The Bertz CT molecular complexity index is 703. The second-order valence-corrected chi connectivity index (χ2v) is 5.55. The molecule has 0 unspecified atom stereocenters. The first kappa shape index (κ1) is 16.2. The van der Waals surface area contributed by atoms with E-state index in [0.717, 1.165) is 24.4 Å². The van der Waals surface area contributed by atoms with Crippen molar-refractivity contribution in [1.29, 1.82) is 0 Å². The average molecular weight is 328 g/mol. The molecule has 126 valence electrons. The van der Waals surface area contributed by atoms with Crippen molar-refractivity contribution in [2.75, 3.05) is 33.3 Å². The van der Waals surface area contributed by atoms with Gasteiger partial charge < -0.3 is 14.2 Å². The Labute approximate surface area is 140 Å². The first-order valence-electron chi connectivity index (χ1n) is 7.80. The molecule has 1 aromatic heterocycles. The highest BCUT2D eigenvalue weighted by atomic mass is 16.5. The van der Waals surface area contributed by atoms with Crippen molar-refractivity contribution in [3.05, 3.63) is 42.8 Å². The molecule has 1 aliphatic rings. The van der Waals surface area contributed by atoms with Gasteiger partial charge in [-0.1, -0.05) is 11.7 Å². The summed E-state index contributed by atoms with van der Waals surface area (Å²) in [6.45, 7) is 7.03. The van der Waals surface area contributed by atoms with Gasteiger partial charge in [0.15, 0.2) is 0 Å². The van der Waals surface area contributed by atoms with Crippen LogP contribution >= 0.6 is 0 Å². The molecule has 1 aromatic carbocycles. The summed E-state index contributed by atoms with van der Waals surface area (Å²) in [6, 6.07) is 7.52. The number of piperazine rings is 1. The van der Waals surface area contributed by atoms with Gasteiger partial charge in [0.25, 0.3) is 0 Å². The molecule has 0 saturated carbocycles. The predicted octanol–water partition coefficient (Wildman–Crippen LogP) is 1.58. The number of nitrogens with zero attached hydrogens (tertiary/aromatic N) is 4. The Kier molecular flexibility index (Phi) is 4.90. The van der Waals surface area contributed by atoms with Crippen LogP contribution < -0.4 is 4.74 Å². The van der Waals surface area contributed by atoms with Gasteiger partial charge in [0.05, 0.1) is 13.7 Å². The maximum atomic E-state index is 11.6. The summed E-state index contributed by atoms with van der Waals surface area (Å²) in [5.74, 6) is 1.90. The third kappa shape index (κ3) is 3.62. The van der Waals surface area contributed by atoms with Gasteiger partial charge in [-0.2, -0.15) is 4.98 Å². The number of rotatable bonds is 5. The fourth-order valence-corrected chi connectivity index (χ4v) is 2.62. The molecule has 0 radical (unpaired) electrons. The molecule has 3 rings (SSSR count). The Balaban J connectivity index is 1.58. The smallest absolute Gasteiger partial charge is 0.246 e. The number of methoxy groups -OCH3 is 1. The largest absolute Gasteiger partial charge is 0.497 e. The minimum Gasteiger partial charge on any atom is -0.497 e. The summed E-state index contributed by atoms with van der Waals surface area (Å²) < 4.78 is 10.5. The molecule has 24 heavy (non-hydrogen) atoms. The standard InChI is InChI=1S/C17H20N4O3/c1-3-16(22)21-10-8-20(9-11-21)12-15-18-17(19-24-15)13-4-6-14(23-2)7-5-13/h3-7H,1,8-12H2,2H3. The van der Waals surface area contributed by atoms with E-state index in [1.807, 2.05) is 24.3 Å². The fourth-order valence-electron chi connectivity index (χ4n) is 2.62. The molecular formula is C17H20N4O3. The van der Waals surface area contributed by atoms with Crippen LogP contribution in [0, 0.1) is 0 Å². The lowest BCUT2D eigenvalue weighted by atomic mass is 10.2. The van der Waals surface area contributed by atoms with E-state index in [0.29, 0.717) is 31.3 Å². The van der Waals surface area contributed by atoms with E-state index in [-0.39, 0.29) is 5.91 Å². The first-order chi connectivity index (χ1) is 11.7. The van der Waals surface area contributed by atoms with Crippen LogP contribution in [0.4, 0.5) is 0 Å². The number of carbonyl (C=O) groups is 1. The van der Waals surface area contributed by atoms with E-state index in [9.17, 15) is 4.79 Å². The lowest BCUT2D eigenvalue weighted by molar-refractivity contribution is -0.127. The number of amides is 1. The molecule has 1 aliphatic heterocycles. The van der Waals surface area contributed by atoms with Crippen LogP contribution in [0.15, 0.2) is 41.4 Å². The normalized spacial score (nSPS) is 15.3. The number of ether oxygens (including phenoxy) is 1. The quantitative estimate of drug-likeness (QED) is 0.776. The molecular weight excluding hydrogens is 308 g/mol. The number of hydrogen-bond donors (Lipinski definition) is 0. The molecule has 1 fully saturated rings. The predicted molar refractivity (Wildman–Crippen MR) is 88.3 cm³/mol. The van der Waals surface area contributed by atoms with Gasteiger partial charge >= 0.3 is 0 Å². The minimum atomic E-state index is -0.0192. The van der Waals surface area contributed by atoms with Gasteiger partial charge in [0.2, 0.25) is 17.6 Å². The molecule has 0 spiro atoms. The molecule has 0 atom stereocenters. The molecule has 7 nitrogen and oxygen atoms in total. The average Bonchev–Trinajstić information content (AvgIpc) is 3.10. The third-order valence-electron chi connectivity index (χ3n) is 4.03. The highest BCUT2D eigenvalue weighted by molar-refractivity contribution is 5.87. The molecule has 0 bridgehead atoms. The Morgan fingerprint density at radius 2 is 2.00 bits per heavy atom. The SMILES string of the molecule is C=CC(=O)N1CCN(Cc2nc(-c3ccc(OC)cc3)no2)CC1. The van der Waals surface area contributed by atoms with Crippen molar-refractivity contribution in [2.24, 2.45) is 0 Å². The topological polar surface area (TPSA) is 71.7 Å². The van der Waals surface area contributed by atoms with Crippen molar-refractivity contribution in [2.45, 2.75) is 6.54 Å². The van der Waals surface area contributed by atoms with Crippen molar-refractivity contribution >= 4 is 5.91 Å². The first-order valence-corrected chi connectivity index (χ1v) is 7.80. The molecule has 1 saturated heterocycles. The lowest BCUT2D eigenvalue weighted by Crippen LogP contribution is -2.47. The van der Waals surface area contributed by atoms with Crippen molar-refractivity contribution in [3.63, 3.8) is 0 Å². The molecule has 7 heteroatoms.